The summed E-state index contributed by atoms with van der Waals surface area (Å²) in [6, 6.07) is 0.926. The van der Waals surface area contributed by atoms with Crippen LogP contribution in [0.3, 0.4) is 0 Å². The molecule has 25 heavy (non-hydrogen) atoms. The SMILES string of the molecule is COCCOC(CO)COCCC[Si](C)(O[Si](C)(C)C)O[Si](C)(C)C. The molecular formula is C16H40O6Si3. The van der Waals surface area contributed by atoms with Crippen LogP contribution in [0, 0.1) is 0 Å². The molecule has 6 nitrogen and oxygen atoms in total. The van der Waals surface area contributed by atoms with E-state index in [1.807, 2.05) is 0 Å². The number of rotatable bonds is 15. The quantitative estimate of drug-likeness (QED) is 0.329. The summed E-state index contributed by atoms with van der Waals surface area (Å²) in [5.41, 5.74) is 0. The predicted octanol–water partition coefficient (Wildman–Crippen LogP) is 3.19. The minimum absolute atomic E-state index is 0.0480. The van der Waals surface area contributed by atoms with Gasteiger partial charge in [0.05, 0.1) is 26.4 Å². The highest BCUT2D eigenvalue weighted by molar-refractivity contribution is 6.87. The van der Waals surface area contributed by atoms with Gasteiger partial charge in [0.1, 0.15) is 6.10 Å². The van der Waals surface area contributed by atoms with E-state index in [9.17, 15) is 5.11 Å². The van der Waals surface area contributed by atoms with E-state index in [0.29, 0.717) is 26.4 Å². The molecule has 1 N–H and O–H groups in total. The maximum Gasteiger partial charge on any atom is 0.314 e. The Balaban J connectivity index is 4.28. The first kappa shape index (κ1) is 25.4. The summed E-state index contributed by atoms with van der Waals surface area (Å²) in [5, 5.41) is 9.30. The molecule has 1 atom stereocenters. The fourth-order valence-electron chi connectivity index (χ4n) is 2.58. The molecule has 152 valence electrons. The predicted molar refractivity (Wildman–Crippen MR) is 109 cm³/mol. The highest BCUT2D eigenvalue weighted by Gasteiger charge is 2.39. The maximum absolute atomic E-state index is 9.30. The molecule has 0 aromatic heterocycles. The monoisotopic (exact) mass is 412 g/mol. The van der Waals surface area contributed by atoms with Crippen molar-refractivity contribution in [2.75, 3.05) is 40.1 Å². The van der Waals surface area contributed by atoms with Crippen LogP contribution in [0.2, 0.25) is 51.9 Å². The summed E-state index contributed by atoms with van der Waals surface area (Å²) in [4.78, 5) is 0. The Morgan fingerprint density at radius 2 is 1.40 bits per heavy atom. The lowest BCUT2D eigenvalue weighted by molar-refractivity contribution is -0.0547. The van der Waals surface area contributed by atoms with Gasteiger partial charge in [-0.05, 0) is 58.3 Å². The standard InChI is InChI=1S/C16H40O6Si3/c1-18-11-12-20-16(14-17)15-19-10-9-13-25(8,21-23(2,3)4)22-24(5,6)7/h16-17H,9-15H2,1-8H3. The van der Waals surface area contributed by atoms with E-state index in [1.165, 1.54) is 0 Å². The zero-order valence-corrected chi connectivity index (χ0v) is 20.5. The van der Waals surface area contributed by atoms with Crippen LogP contribution in [-0.2, 0) is 22.4 Å². The fourth-order valence-corrected chi connectivity index (χ4v) is 15.1. The minimum Gasteiger partial charge on any atom is -0.437 e. The summed E-state index contributed by atoms with van der Waals surface area (Å²) in [6.45, 7) is 17.4. The van der Waals surface area contributed by atoms with Crippen LogP contribution in [0.25, 0.3) is 0 Å². The van der Waals surface area contributed by atoms with Crippen LogP contribution >= 0.6 is 0 Å². The van der Waals surface area contributed by atoms with Crippen molar-refractivity contribution in [1.29, 1.82) is 0 Å². The van der Waals surface area contributed by atoms with Crippen LogP contribution in [0.4, 0.5) is 0 Å². The number of methoxy groups -OCH3 is 1. The normalized spacial score (nSPS) is 14.8. The molecule has 0 rings (SSSR count). The van der Waals surface area contributed by atoms with E-state index in [-0.39, 0.29) is 12.7 Å². The molecule has 0 fully saturated rings. The Hall–Kier alpha value is 0.411. The first-order valence-corrected chi connectivity index (χ1v) is 18.4. The smallest absolute Gasteiger partial charge is 0.314 e. The third kappa shape index (κ3) is 15.2. The Morgan fingerprint density at radius 1 is 0.840 bits per heavy atom. The summed E-state index contributed by atoms with van der Waals surface area (Å²) in [7, 11) is -3.86. The first-order valence-electron chi connectivity index (χ1n) is 9.10. The second-order valence-corrected chi connectivity index (χ2v) is 21.3. The van der Waals surface area contributed by atoms with Crippen LogP contribution in [-0.4, -0.2) is 76.6 Å². The Morgan fingerprint density at radius 3 is 1.84 bits per heavy atom. The molecule has 9 heteroatoms. The second-order valence-electron chi connectivity index (χ2n) is 8.41. The van der Waals surface area contributed by atoms with Gasteiger partial charge in [-0.1, -0.05) is 0 Å². The number of hydrogen-bond donors (Lipinski definition) is 1. The molecule has 0 radical (unpaired) electrons. The summed E-state index contributed by atoms with van der Waals surface area (Å²) in [6.07, 6.45) is 0.601. The van der Waals surface area contributed by atoms with Gasteiger partial charge >= 0.3 is 8.56 Å². The van der Waals surface area contributed by atoms with Gasteiger partial charge in [-0.15, -0.1) is 0 Å². The lowest BCUT2D eigenvalue weighted by Crippen LogP contribution is -2.52. The Labute approximate surface area is 157 Å². The zero-order chi connectivity index (χ0) is 19.6. The third-order valence-corrected chi connectivity index (χ3v) is 12.7. The number of hydrogen-bond acceptors (Lipinski definition) is 6. The highest BCUT2D eigenvalue weighted by Crippen LogP contribution is 2.25. The summed E-state index contributed by atoms with van der Waals surface area (Å²) in [5.74, 6) is 0. The summed E-state index contributed by atoms with van der Waals surface area (Å²) >= 11 is 0. The lowest BCUT2D eigenvalue weighted by Gasteiger charge is -2.38. The number of aliphatic hydroxyl groups is 1. The van der Waals surface area contributed by atoms with E-state index in [2.05, 4.69) is 45.8 Å². The number of aliphatic hydroxyl groups excluding tert-OH is 1. The average Bonchev–Trinajstić information content (AvgIpc) is 2.40. The third-order valence-electron chi connectivity index (χ3n) is 3.11. The van der Waals surface area contributed by atoms with Gasteiger partial charge in [-0.3, -0.25) is 0 Å². The average molecular weight is 413 g/mol. The summed E-state index contributed by atoms with van der Waals surface area (Å²) < 4.78 is 29.0. The van der Waals surface area contributed by atoms with Crippen LogP contribution in [0.15, 0.2) is 0 Å². The van der Waals surface area contributed by atoms with E-state index in [1.54, 1.807) is 7.11 Å². The van der Waals surface area contributed by atoms with Gasteiger partial charge in [-0.25, -0.2) is 0 Å². The van der Waals surface area contributed by atoms with Gasteiger partial charge in [-0.2, -0.15) is 0 Å². The lowest BCUT2D eigenvalue weighted by atomic mass is 10.4. The minimum atomic E-state index is -2.19. The molecule has 0 heterocycles. The molecule has 0 aliphatic rings. The zero-order valence-electron chi connectivity index (χ0n) is 17.5. The molecule has 0 aromatic rings. The molecule has 0 saturated heterocycles. The number of ether oxygens (including phenoxy) is 3. The molecule has 0 spiro atoms. The molecule has 0 aliphatic heterocycles. The van der Waals surface area contributed by atoms with E-state index in [0.717, 1.165) is 12.5 Å². The van der Waals surface area contributed by atoms with Gasteiger partial charge < -0.3 is 27.5 Å². The van der Waals surface area contributed by atoms with Gasteiger partial charge in [0.25, 0.3) is 0 Å². The molecule has 0 aromatic carbocycles. The van der Waals surface area contributed by atoms with Crippen molar-refractivity contribution in [3.8, 4) is 0 Å². The van der Waals surface area contributed by atoms with Crippen molar-refractivity contribution in [2.45, 2.75) is 64.4 Å². The van der Waals surface area contributed by atoms with Crippen LogP contribution in [0.5, 0.6) is 0 Å². The Kier molecular flexibility index (Phi) is 12.2. The van der Waals surface area contributed by atoms with Gasteiger partial charge in [0.15, 0.2) is 16.6 Å². The van der Waals surface area contributed by atoms with Crippen molar-refractivity contribution in [2.24, 2.45) is 0 Å². The maximum atomic E-state index is 9.30. The largest absolute Gasteiger partial charge is 0.437 e. The fraction of sp³-hybridized carbons (Fsp3) is 1.00. The van der Waals surface area contributed by atoms with Crippen LogP contribution < -0.4 is 0 Å². The van der Waals surface area contributed by atoms with E-state index >= 15 is 0 Å². The second kappa shape index (κ2) is 12.0. The molecule has 0 saturated carbocycles. The van der Waals surface area contributed by atoms with Crippen molar-refractivity contribution in [1.82, 2.24) is 0 Å². The van der Waals surface area contributed by atoms with Crippen molar-refractivity contribution >= 4 is 25.2 Å². The molecule has 0 bridgehead atoms. The van der Waals surface area contributed by atoms with Crippen molar-refractivity contribution in [3.05, 3.63) is 0 Å². The van der Waals surface area contributed by atoms with Gasteiger partial charge in [0.2, 0.25) is 0 Å². The molecule has 1 unspecified atom stereocenters. The molecule has 0 amide bonds. The Bertz CT molecular complexity index is 328. The van der Waals surface area contributed by atoms with Crippen molar-refractivity contribution < 1.29 is 27.5 Å². The molecular weight excluding hydrogens is 372 g/mol. The van der Waals surface area contributed by atoms with Crippen LogP contribution in [0.1, 0.15) is 6.42 Å². The highest BCUT2D eigenvalue weighted by atomic mass is 28.5. The van der Waals surface area contributed by atoms with E-state index < -0.39 is 25.2 Å². The van der Waals surface area contributed by atoms with Gasteiger partial charge in [0, 0.05) is 13.7 Å². The van der Waals surface area contributed by atoms with E-state index in [4.69, 9.17) is 22.4 Å². The topological polar surface area (TPSA) is 66.4 Å². The van der Waals surface area contributed by atoms with Crippen molar-refractivity contribution in [3.63, 3.8) is 0 Å². The first-order chi connectivity index (χ1) is 11.4. The molecule has 0 aliphatic carbocycles.